The first-order chi connectivity index (χ1) is 11.5. The molecule has 7 heteroatoms. The highest BCUT2D eigenvalue weighted by atomic mass is 16.2. The van der Waals surface area contributed by atoms with Crippen LogP contribution in [0.5, 0.6) is 0 Å². The van der Waals surface area contributed by atoms with Crippen LogP contribution in [0.4, 0.5) is 5.82 Å². The molecule has 7 nitrogen and oxygen atoms in total. The summed E-state index contributed by atoms with van der Waals surface area (Å²) in [6, 6.07) is 1.86. The van der Waals surface area contributed by atoms with Crippen molar-refractivity contribution in [3.05, 3.63) is 34.5 Å². The maximum Gasteiger partial charge on any atom is 0.274 e. The summed E-state index contributed by atoms with van der Waals surface area (Å²) in [5.41, 5.74) is 3.57. The van der Waals surface area contributed by atoms with Crippen LogP contribution in [0.1, 0.15) is 46.6 Å². The van der Waals surface area contributed by atoms with Gasteiger partial charge in [0, 0.05) is 31.9 Å². The maximum atomic E-state index is 12.7. The number of hydrogen-bond donors (Lipinski definition) is 1. The minimum atomic E-state index is -0.0399. The van der Waals surface area contributed by atoms with Crippen LogP contribution in [0.3, 0.4) is 0 Å². The van der Waals surface area contributed by atoms with Gasteiger partial charge in [-0.1, -0.05) is 13.3 Å². The Morgan fingerprint density at radius 2 is 2.17 bits per heavy atom. The SMILES string of the molecule is CCCc1cc(C(=O)N2CCc3c(nc(C)nc3N(C)C)C2)n[nH]1. The van der Waals surface area contributed by atoms with Gasteiger partial charge in [-0.3, -0.25) is 9.89 Å². The first-order valence-corrected chi connectivity index (χ1v) is 8.36. The molecule has 0 fully saturated rings. The lowest BCUT2D eigenvalue weighted by Gasteiger charge is -2.30. The van der Waals surface area contributed by atoms with Gasteiger partial charge >= 0.3 is 0 Å². The molecule has 0 spiro atoms. The van der Waals surface area contributed by atoms with Crippen LogP contribution in [0.25, 0.3) is 0 Å². The van der Waals surface area contributed by atoms with Crippen molar-refractivity contribution in [3.63, 3.8) is 0 Å². The lowest BCUT2D eigenvalue weighted by atomic mass is 10.0. The van der Waals surface area contributed by atoms with E-state index in [4.69, 9.17) is 0 Å². The van der Waals surface area contributed by atoms with Gasteiger partial charge in [0.15, 0.2) is 0 Å². The van der Waals surface area contributed by atoms with E-state index in [0.717, 1.165) is 47.9 Å². The van der Waals surface area contributed by atoms with Crippen molar-refractivity contribution in [2.24, 2.45) is 0 Å². The Hall–Kier alpha value is -2.44. The zero-order chi connectivity index (χ0) is 17.3. The number of nitrogens with one attached hydrogen (secondary N) is 1. The lowest BCUT2D eigenvalue weighted by Crippen LogP contribution is -2.37. The van der Waals surface area contributed by atoms with Gasteiger partial charge in [-0.15, -0.1) is 0 Å². The van der Waals surface area contributed by atoms with E-state index >= 15 is 0 Å². The quantitative estimate of drug-likeness (QED) is 0.925. The Kier molecular flexibility index (Phi) is 4.51. The molecule has 24 heavy (non-hydrogen) atoms. The normalized spacial score (nSPS) is 13.8. The fourth-order valence-corrected chi connectivity index (χ4v) is 3.10. The standard InChI is InChI=1S/C17H24N6O/c1-5-6-12-9-14(21-20-12)17(24)23-8-7-13-15(10-23)18-11(2)19-16(13)22(3)4/h9H,5-8,10H2,1-4H3,(H,20,21). The number of fused-ring (bicyclic) bond motifs is 1. The van der Waals surface area contributed by atoms with Crippen molar-refractivity contribution in [1.29, 1.82) is 0 Å². The Labute approximate surface area is 142 Å². The van der Waals surface area contributed by atoms with E-state index in [1.807, 2.05) is 36.9 Å². The monoisotopic (exact) mass is 328 g/mol. The molecule has 1 N–H and O–H groups in total. The predicted octanol–water partition coefficient (Wildman–Crippen LogP) is 1.73. The minimum absolute atomic E-state index is 0.0399. The summed E-state index contributed by atoms with van der Waals surface area (Å²) in [5, 5.41) is 7.12. The van der Waals surface area contributed by atoms with E-state index < -0.39 is 0 Å². The molecule has 0 bridgehead atoms. The molecule has 1 aliphatic heterocycles. The highest BCUT2D eigenvalue weighted by Crippen LogP contribution is 2.26. The number of H-pyrrole nitrogens is 1. The number of anilines is 1. The first-order valence-electron chi connectivity index (χ1n) is 8.36. The molecular formula is C17H24N6O. The number of amides is 1. The molecule has 0 saturated heterocycles. The predicted molar refractivity (Wildman–Crippen MR) is 92.1 cm³/mol. The number of aromatic nitrogens is 4. The first kappa shape index (κ1) is 16.4. The number of aromatic amines is 1. The van der Waals surface area contributed by atoms with Gasteiger partial charge in [0.2, 0.25) is 0 Å². The zero-order valence-corrected chi connectivity index (χ0v) is 14.8. The smallest absolute Gasteiger partial charge is 0.274 e. The van der Waals surface area contributed by atoms with E-state index in [-0.39, 0.29) is 5.91 Å². The summed E-state index contributed by atoms with van der Waals surface area (Å²) in [6.45, 7) is 5.16. The summed E-state index contributed by atoms with van der Waals surface area (Å²) >= 11 is 0. The summed E-state index contributed by atoms with van der Waals surface area (Å²) < 4.78 is 0. The third kappa shape index (κ3) is 3.11. The van der Waals surface area contributed by atoms with E-state index in [2.05, 4.69) is 27.1 Å². The molecule has 1 amide bonds. The largest absolute Gasteiger partial charge is 0.362 e. The summed E-state index contributed by atoms with van der Waals surface area (Å²) in [4.78, 5) is 25.6. The van der Waals surface area contributed by atoms with Crippen molar-refractivity contribution in [1.82, 2.24) is 25.1 Å². The molecule has 128 valence electrons. The van der Waals surface area contributed by atoms with Crippen LogP contribution in [-0.4, -0.2) is 51.6 Å². The average Bonchev–Trinajstić information content (AvgIpc) is 3.01. The van der Waals surface area contributed by atoms with Gasteiger partial charge in [0.25, 0.3) is 5.91 Å². The Balaban J connectivity index is 1.82. The molecule has 3 rings (SSSR count). The van der Waals surface area contributed by atoms with Gasteiger partial charge in [0.1, 0.15) is 17.3 Å². The highest BCUT2D eigenvalue weighted by molar-refractivity contribution is 5.92. The van der Waals surface area contributed by atoms with Crippen LogP contribution in [0, 0.1) is 6.92 Å². The van der Waals surface area contributed by atoms with Gasteiger partial charge in [-0.25, -0.2) is 9.97 Å². The molecule has 1 aliphatic rings. The number of hydrogen-bond acceptors (Lipinski definition) is 5. The van der Waals surface area contributed by atoms with Crippen molar-refractivity contribution >= 4 is 11.7 Å². The maximum absolute atomic E-state index is 12.7. The van der Waals surface area contributed by atoms with Crippen LogP contribution in [-0.2, 0) is 19.4 Å². The van der Waals surface area contributed by atoms with Gasteiger partial charge in [-0.2, -0.15) is 5.10 Å². The van der Waals surface area contributed by atoms with Crippen molar-refractivity contribution in [3.8, 4) is 0 Å². The van der Waals surface area contributed by atoms with E-state index in [1.54, 1.807) is 0 Å². The van der Waals surface area contributed by atoms with Crippen LogP contribution >= 0.6 is 0 Å². The van der Waals surface area contributed by atoms with Gasteiger partial charge in [0.05, 0.1) is 12.2 Å². The topological polar surface area (TPSA) is 78.0 Å². The number of nitrogens with zero attached hydrogens (tertiary/aromatic N) is 5. The Morgan fingerprint density at radius 3 is 2.88 bits per heavy atom. The molecule has 0 saturated carbocycles. The summed E-state index contributed by atoms with van der Waals surface area (Å²) in [6.07, 6.45) is 2.69. The van der Waals surface area contributed by atoms with Crippen molar-refractivity contribution < 1.29 is 4.79 Å². The minimum Gasteiger partial charge on any atom is -0.362 e. The molecule has 2 aromatic rings. The number of rotatable bonds is 4. The number of carbonyl (C=O) groups is 1. The highest BCUT2D eigenvalue weighted by Gasteiger charge is 2.27. The third-order valence-corrected chi connectivity index (χ3v) is 4.24. The Morgan fingerprint density at radius 1 is 1.38 bits per heavy atom. The fraction of sp³-hybridized carbons (Fsp3) is 0.529. The fourth-order valence-electron chi connectivity index (χ4n) is 3.10. The molecule has 2 aromatic heterocycles. The second-order valence-corrected chi connectivity index (χ2v) is 6.42. The van der Waals surface area contributed by atoms with Crippen LogP contribution < -0.4 is 4.90 Å². The summed E-state index contributed by atoms with van der Waals surface area (Å²) in [5.74, 6) is 1.65. The third-order valence-electron chi connectivity index (χ3n) is 4.24. The second-order valence-electron chi connectivity index (χ2n) is 6.42. The van der Waals surface area contributed by atoms with Crippen LogP contribution in [0.2, 0.25) is 0 Å². The molecule has 0 aromatic carbocycles. The van der Waals surface area contributed by atoms with Crippen LogP contribution in [0.15, 0.2) is 6.07 Å². The molecule has 0 aliphatic carbocycles. The molecule has 0 radical (unpaired) electrons. The van der Waals surface area contributed by atoms with Gasteiger partial charge in [-0.05, 0) is 25.8 Å². The van der Waals surface area contributed by atoms with Crippen molar-refractivity contribution in [2.45, 2.75) is 39.7 Å². The molecule has 0 atom stereocenters. The molecule has 3 heterocycles. The second kappa shape index (κ2) is 6.59. The van der Waals surface area contributed by atoms with E-state index in [9.17, 15) is 4.79 Å². The summed E-state index contributed by atoms with van der Waals surface area (Å²) in [7, 11) is 3.97. The van der Waals surface area contributed by atoms with E-state index in [1.165, 1.54) is 0 Å². The van der Waals surface area contributed by atoms with Gasteiger partial charge < -0.3 is 9.80 Å². The van der Waals surface area contributed by atoms with Crippen molar-refractivity contribution in [2.75, 3.05) is 25.5 Å². The number of carbonyl (C=O) groups excluding carboxylic acids is 1. The zero-order valence-electron chi connectivity index (χ0n) is 14.8. The lowest BCUT2D eigenvalue weighted by molar-refractivity contribution is 0.0725. The average molecular weight is 328 g/mol. The number of aryl methyl sites for hydroxylation is 2. The Bertz CT molecular complexity index is 752. The molecular weight excluding hydrogens is 304 g/mol. The molecule has 0 unspecified atom stereocenters. The van der Waals surface area contributed by atoms with E-state index in [0.29, 0.717) is 18.8 Å².